The van der Waals surface area contributed by atoms with Crippen molar-refractivity contribution < 1.29 is 14.6 Å². The zero-order chi connectivity index (χ0) is 23.9. The summed E-state index contributed by atoms with van der Waals surface area (Å²) in [4.78, 5) is 13.1. The molecule has 176 valence electrons. The molecular formula is C29H27N3O3. The van der Waals surface area contributed by atoms with E-state index in [1.807, 2.05) is 18.2 Å². The molecule has 2 N–H and O–H groups in total. The molecule has 6 nitrogen and oxygen atoms in total. The number of nitriles is 1. The highest BCUT2D eigenvalue weighted by molar-refractivity contribution is 6.19. The summed E-state index contributed by atoms with van der Waals surface area (Å²) in [5.41, 5.74) is 8.61. The monoisotopic (exact) mass is 465 g/mol. The molecule has 2 aliphatic rings. The van der Waals surface area contributed by atoms with Gasteiger partial charge in [0.2, 0.25) is 0 Å². The van der Waals surface area contributed by atoms with Crippen LogP contribution in [-0.4, -0.2) is 28.8 Å². The average Bonchev–Trinajstić information content (AvgIpc) is 3.42. The van der Waals surface area contributed by atoms with E-state index < -0.39 is 0 Å². The predicted molar refractivity (Wildman–Crippen MR) is 136 cm³/mol. The first-order chi connectivity index (χ1) is 17.2. The molecule has 0 saturated heterocycles. The first kappa shape index (κ1) is 21.7. The molecule has 2 heterocycles. The van der Waals surface area contributed by atoms with Gasteiger partial charge >= 0.3 is 0 Å². The van der Waals surface area contributed by atoms with Crippen molar-refractivity contribution >= 4 is 27.7 Å². The van der Waals surface area contributed by atoms with Crippen molar-refractivity contribution in [3.05, 3.63) is 64.7 Å². The van der Waals surface area contributed by atoms with Gasteiger partial charge in [0.25, 0.3) is 5.91 Å². The molecule has 0 saturated carbocycles. The van der Waals surface area contributed by atoms with Gasteiger partial charge in [0.15, 0.2) is 0 Å². The van der Waals surface area contributed by atoms with Crippen LogP contribution < -0.4 is 10.1 Å². The standard InChI is InChI=1S/C29H27N3O3/c30-12-4-1-5-15-35-19-9-11-20-18(16-19)8-10-22-25(20)27-23(17-31-29(27)34)26-21-6-2-3-7-24(21)32(13-14-33)28(22)26/h2-3,6-7,9,11,16,33H,1,4-5,8,10,13-15,17H2,(H,31,34). The average molecular weight is 466 g/mol. The summed E-state index contributed by atoms with van der Waals surface area (Å²) in [5.74, 6) is 0.823. The van der Waals surface area contributed by atoms with Crippen LogP contribution in [0.15, 0.2) is 42.5 Å². The molecular weight excluding hydrogens is 438 g/mol. The second kappa shape index (κ2) is 8.75. The quantitative estimate of drug-likeness (QED) is 0.381. The highest BCUT2D eigenvalue weighted by atomic mass is 16.5. The number of carbonyl (C=O) groups excluding carboxylic acids is 1. The van der Waals surface area contributed by atoms with Crippen molar-refractivity contribution in [1.82, 2.24) is 9.88 Å². The number of carbonyl (C=O) groups is 1. The van der Waals surface area contributed by atoms with E-state index in [9.17, 15) is 9.90 Å². The number of para-hydroxylation sites is 1. The molecule has 0 fully saturated rings. The Morgan fingerprint density at radius 1 is 1.09 bits per heavy atom. The van der Waals surface area contributed by atoms with E-state index >= 15 is 0 Å². The summed E-state index contributed by atoms with van der Waals surface area (Å²) >= 11 is 0. The highest BCUT2D eigenvalue weighted by Crippen LogP contribution is 2.47. The molecule has 1 aliphatic heterocycles. The number of aromatic nitrogens is 1. The second-order valence-electron chi connectivity index (χ2n) is 9.29. The van der Waals surface area contributed by atoms with Gasteiger partial charge < -0.3 is 19.7 Å². The molecule has 1 amide bonds. The van der Waals surface area contributed by atoms with Crippen molar-refractivity contribution in [1.29, 1.82) is 5.26 Å². The summed E-state index contributed by atoms with van der Waals surface area (Å²) in [7, 11) is 0. The smallest absolute Gasteiger partial charge is 0.252 e. The van der Waals surface area contributed by atoms with Crippen LogP contribution >= 0.6 is 0 Å². The van der Waals surface area contributed by atoms with Crippen LogP contribution in [0.3, 0.4) is 0 Å². The number of fused-ring (bicyclic) bond motifs is 10. The van der Waals surface area contributed by atoms with E-state index in [0.717, 1.165) is 75.5 Å². The number of nitrogens with zero attached hydrogens (tertiary/aromatic N) is 2. The fraction of sp³-hybridized carbons (Fsp3) is 0.310. The van der Waals surface area contributed by atoms with Crippen molar-refractivity contribution in [2.45, 2.75) is 45.2 Å². The number of aliphatic hydroxyl groups excluding tert-OH is 1. The molecule has 1 aliphatic carbocycles. The molecule has 4 aromatic rings. The lowest BCUT2D eigenvalue weighted by Gasteiger charge is -2.25. The lowest BCUT2D eigenvalue weighted by Crippen LogP contribution is -2.16. The number of amides is 1. The Labute approximate surface area is 203 Å². The van der Waals surface area contributed by atoms with E-state index in [2.05, 4.69) is 40.2 Å². The normalized spacial score (nSPS) is 13.9. The van der Waals surface area contributed by atoms with Gasteiger partial charge in [0.05, 0.1) is 30.4 Å². The number of hydrogen-bond donors (Lipinski definition) is 2. The fourth-order valence-corrected chi connectivity index (χ4v) is 5.89. The maximum absolute atomic E-state index is 13.1. The van der Waals surface area contributed by atoms with E-state index in [1.165, 1.54) is 11.1 Å². The summed E-state index contributed by atoms with van der Waals surface area (Å²) in [5, 5.41) is 23.9. The topological polar surface area (TPSA) is 87.3 Å². The van der Waals surface area contributed by atoms with Crippen LogP contribution in [0.25, 0.3) is 32.9 Å². The van der Waals surface area contributed by atoms with Gasteiger partial charge in [-0.1, -0.05) is 24.3 Å². The van der Waals surface area contributed by atoms with Crippen LogP contribution in [0.1, 0.15) is 46.3 Å². The number of benzene rings is 3. The highest BCUT2D eigenvalue weighted by Gasteiger charge is 2.34. The van der Waals surface area contributed by atoms with E-state index in [-0.39, 0.29) is 12.5 Å². The van der Waals surface area contributed by atoms with Gasteiger partial charge in [0, 0.05) is 41.4 Å². The summed E-state index contributed by atoms with van der Waals surface area (Å²) in [6.07, 6.45) is 3.94. The SMILES string of the molecule is N#CCCCCOc1ccc2c(c1)CCc1c-2c2c(c3c4ccccc4n(CCO)c13)CNC2=O. The van der Waals surface area contributed by atoms with Crippen LogP contribution in [0, 0.1) is 11.3 Å². The summed E-state index contributed by atoms with van der Waals surface area (Å²) in [6.45, 7) is 1.69. The van der Waals surface area contributed by atoms with Crippen molar-refractivity contribution in [3.8, 4) is 22.9 Å². The van der Waals surface area contributed by atoms with E-state index in [4.69, 9.17) is 10.00 Å². The number of unbranched alkanes of at least 4 members (excludes halogenated alkanes) is 2. The molecule has 0 atom stereocenters. The molecule has 6 heteroatoms. The second-order valence-corrected chi connectivity index (χ2v) is 9.29. The van der Waals surface area contributed by atoms with Gasteiger partial charge in [-0.3, -0.25) is 4.79 Å². The number of rotatable bonds is 7. The molecule has 0 unspecified atom stereocenters. The minimum absolute atomic E-state index is 0.0113. The Morgan fingerprint density at radius 2 is 1.97 bits per heavy atom. The first-order valence-corrected chi connectivity index (χ1v) is 12.3. The molecule has 35 heavy (non-hydrogen) atoms. The Bertz CT molecular complexity index is 1530. The maximum atomic E-state index is 13.1. The largest absolute Gasteiger partial charge is 0.494 e. The molecule has 3 aromatic carbocycles. The molecule has 0 spiro atoms. The third kappa shape index (κ3) is 3.38. The zero-order valence-corrected chi connectivity index (χ0v) is 19.6. The van der Waals surface area contributed by atoms with Crippen LogP contribution in [0.5, 0.6) is 5.75 Å². The number of aryl methyl sites for hydroxylation is 2. The third-order valence-electron chi connectivity index (χ3n) is 7.33. The van der Waals surface area contributed by atoms with E-state index in [0.29, 0.717) is 26.1 Å². The van der Waals surface area contributed by atoms with Crippen molar-refractivity contribution in [2.75, 3.05) is 13.2 Å². The van der Waals surface area contributed by atoms with Gasteiger partial charge in [-0.15, -0.1) is 0 Å². The van der Waals surface area contributed by atoms with Gasteiger partial charge in [0.1, 0.15) is 5.75 Å². The van der Waals surface area contributed by atoms with Gasteiger partial charge in [-0.05, 0) is 66.1 Å². The Kier molecular flexibility index (Phi) is 5.43. The fourth-order valence-electron chi connectivity index (χ4n) is 5.89. The van der Waals surface area contributed by atoms with E-state index in [1.54, 1.807) is 0 Å². The maximum Gasteiger partial charge on any atom is 0.252 e. The van der Waals surface area contributed by atoms with Crippen LogP contribution in [-0.2, 0) is 25.9 Å². The number of ether oxygens (including phenoxy) is 1. The Hall–Kier alpha value is -3.82. The van der Waals surface area contributed by atoms with Gasteiger partial charge in [-0.2, -0.15) is 5.26 Å². The Morgan fingerprint density at radius 3 is 2.83 bits per heavy atom. The van der Waals surface area contributed by atoms with Crippen LogP contribution in [0.4, 0.5) is 0 Å². The van der Waals surface area contributed by atoms with Crippen molar-refractivity contribution in [2.24, 2.45) is 0 Å². The Balaban J connectivity index is 1.53. The minimum atomic E-state index is -0.0113. The molecule has 6 rings (SSSR count). The first-order valence-electron chi connectivity index (χ1n) is 12.3. The minimum Gasteiger partial charge on any atom is -0.494 e. The summed E-state index contributed by atoms with van der Waals surface area (Å²) < 4.78 is 8.19. The third-order valence-corrected chi connectivity index (χ3v) is 7.33. The summed E-state index contributed by atoms with van der Waals surface area (Å²) in [6, 6.07) is 16.7. The van der Waals surface area contributed by atoms with Gasteiger partial charge in [-0.25, -0.2) is 0 Å². The zero-order valence-electron chi connectivity index (χ0n) is 19.6. The lowest BCUT2D eigenvalue weighted by molar-refractivity contribution is 0.0966. The molecule has 1 aromatic heterocycles. The number of hydrogen-bond acceptors (Lipinski definition) is 4. The molecule has 0 bridgehead atoms. The lowest BCUT2D eigenvalue weighted by atomic mass is 9.80. The predicted octanol–water partition coefficient (Wildman–Crippen LogP) is 4.87. The number of nitrogens with one attached hydrogen (secondary N) is 1. The number of aliphatic hydroxyl groups is 1. The van der Waals surface area contributed by atoms with Crippen molar-refractivity contribution in [3.63, 3.8) is 0 Å². The van der Waals surface area contributed by atoms with Crippen LogP contribution in [0.2, 0.25) is 0 Å². The molecule has 0 radical (unpaired) electrons.